The second-order valence-corrected chi connectivity index (χ2v) is 5.34. The highest BCUT2D eigenvalue weighted by atomic mass is 127. The van der Waals surface area contributed by atoms with Gasteiger partial charge in [-0.1, -0.05) is 0 Å². The van der Waals surface area contributed by atoms with Crippen molar-refractivity contribution >= 4 is 28.4 Å². The lowest BCUT2D eigenvalue weighted by molar-refractivity contribution is -0.113. The van der Waals surface area contributed by atoms with Gasteiger partial charge < -0.3 is 20.7 Å². The van der Waals surface area contributed by atoms with E-state index in [0.29, 0.717) is 9.99 Å². The van der Waals surface area contributed by atoms with E-state index >= 15 is 0 Å². The number of aliphatic hydroxyl groups excluding tert-OH is 2. The van der Waals surface area contributed by atoms with Crippen molar-refractivity contribution in [1.82, 2.24) is 9.55 Å². The van der Waals surface area contributed by atoms with E-state index in [-0.39, 0.29) is 25.1 Å². The van der Waals surface area contributed by atoms with Crippen LogP contribution in [0.3, 0.4) is 0 Å². The Kier molecular flexibility index (Phi) is 4.20. The van der Waals surface area contributed by atoms with Crippen LogP contribution < -0.4 is 11.4 Å². The molecule has 0 amide bonds. The van der Waals surface area contributed by atoms with Gasteiger partial charge in [0, 0.05) is 6.20 Å². The van der Waals surface area contributed by atoms with Crippen LogP contribution in [0.15, 0.2) is 11.0 Å². The predicted molar refractivity (Wildman–Crippen MR) is 72.1 cm³/mol. The minimum absolute atomic E-state index is 0.197. The third-order valence-corrected chi connectivity index (χ3v) is 3.78. The lowest BCUT2D eigenvalue weighted by Gasteiger charge is -2.33. The Labute approximate surface area is 117 Å². The number of aliphatic hydroxyl groups is 2. The minimum atomic E-state index is -0.795. The van der Waals surface area contributed by atoms with Crippen LogP contribution in [0.2, 0.25) is 0 Å². The van der Waals surface area contributed by atoms with Crippen LogP contribution in [0.1, 0.15) is 12.5 Å². The summed E-state index contributed by atoms with van der Waals surface area (Å²) in [6, 6.07) is -0.295. The Morgan fingerprint density at radius 2 is 2.39 bits per heavy atom. The Hall–Kier alpha value is -0.710. The molecule has 100 valence electrons. The van der Waals surface area contributed by atoms with Crippen LogP contribution in [0.5, 0.6) is 0 Å². The Balaban J connectivity index is 2.23. The standard InChI is InChI=1S/C10H14IN3O4/c11-6-2-14(10(17)13-9(6)12)5-1-7(16)8(3-15)18-4-5/h2,5,7-8,15-16H,1,3-4H2,(H2,12,13,17). The molecule has 0 bridgehead atoms. The molecule has 1 fully saturated rings. The first-order chi connectivity index (χ1) is 8.52. The molecule has 1 aliphatic heterocycles. The molecule has 2 rings (SSSR count). The van der Waals surface area contributed by atoms with E-state index in [0.717, 1.165) is 0 Å². The smallest absolute Gasteiger partial charge is 0.349 e. The van der Waals surface area contributed by atoms with Crippen molar-refractivity contribution in [3.63, 3.8) is 0 Å². The van der Waals surface area contributed by atoms with Crippen LogP contribution in [0.25, 0.3) is 0 Å². The molecule has 1 aliphatic rings. The summed E-state index contributed by atoms with van der Waals surface area (Å²) in [7, 11) is 0. The quantitative estimate of drug-likeness (QED) is 0.586. The third-order valence-electron chi connectivity index (χ3n) is 2.95. The Bertz CT molecular complexity index is 493. The van der Waals surface area contributed by atoms with Gasteiger partial charge in [-0.3, -0.25) is 4.57 Å². The van der Waals surface area contributed by atoms with E-state index in [1.165, 1.54) is 4.57 Å². The topological polar surface area (TPSA) is 111 Å². The minimum Gasteiger partial charge on any atom is -0.394 e. The zero-order valence-electron chi connectivity index (χ0n) is 9.49. The molecule has 1 saturated heterocycles. The summed E-state index contributed by atoms with van der Waals surface area (Å²) >= 11 is 1.99. The van der Waals surface area contributed by atoms with Crippen LogP contribution >= 0.6 is 22.6 Å². The van der Waals surface area contributed by atoms with Crippen molar-refractivity contribution in [3.05, 3.63) is 20.3 Å². The van der Waals surface area contributed by atoms with Gasteiger partial charge >= 0.3 is 5.69 Å². The summed E-state index contributed by atoms with van der Waals surface area (Å²) in [5, 5.41) is 18.7. The van der Waals surface area contributed by atoms with Gasteiger partial charge in [0.25, 0.3) is 0 Å². The molecule has 4 N–H and O–H groups in total. The van der Waals surface area contributed by atoms with E-state index in [1.54, 1.807) is 6.20 Å². The average Bonchev–Trinajstić information content (AvgIpc) is 2.33. The third kappa shape index (κ3) is 2.66. The number of rotatable bonds is 2. The second-order valence-electron chi connectivity index (χ2n) is 4.18. The lowest BCUT2D eigenvalue weighted by Crippen LogP contribution is -2.44. The molecule has 0 aliphatic carbocycles. The van der Waals surface area contributed by atoms with Gasteiger partial charge in [-0.15, -0.1) is 0 Å². The highest BCUT2D eigenvalue weighted by Crippen LogP contribution is 2.23. The molecule has 0 spiro atoms. The molecule has 7 nitrogen and oxygen atoms in total. The molecule has 3 unspecified atom stereocenters. The monoisotopic (exact) mass is 367 g/mol. The summed E-state index contributed by atoms with van der Waals surface area (Å²) in [6.45, 7) is 0.0180. The predicted octanol–water partition coefficient (Wildman–Crippen LogP) is -0.887. The summed E-state index contributed by atoms with van der Waals surface area (Å²) in [5.74, 6) is 0.197. The highest BCUT2D eigenvalue weighted by Gasteiger charge is 2.31. The molecule has 0 saturated carbocycles. The number of hydrogen-bond donors (Lipinski definition) is 3. The summed E-state index contributed by atoms with van der Waals surface area (Å²) in [6.07, 6.45) is 0.562. The zero-order valence-corrected chi connectivity index (χ0v) is 11.6. The van der Waals surface area contributed by atoms with E-state index in [1.807, 2.05) is 22.6 Å². The van der Waals surface area contributed by atoms with Crippen molar-refractivity contribution < 1.29 is 14.9 Å². The number of aromatic nitrogens is 2. The average molecular weight is 367 g/mol. The lowest BCUT2D eigenvalue weighted by atomic mass is 10.0. The zero-order chi connectivity index (χ0) is 13.3. The van der Waals surface area contributed by atoms with E-state index in [9.17, 15) is 9.90 Å². The Morgan fingerprint density at radius 1 is 1.67 bits per heavy atom. The number of anilines is 1. The van der Waals surface area contributed by atoms with Crippen molar-refractivity contribution in [2.75, 3.05) is 18.9 Å². The first kappa shape index (κ1) is 13.7. The molecule has 1 aromatic heterocycles. The molecule has 0 aromatic carbocycles. The van der Waals surface area contributed by atoms with Crippen molar-refractivity contribution in [2.45, 2.75) is 24.7 Å². The number of nitrogen functional groups attached to an aromatic ring is 1. The number of nitrogens with zero attached hydrogens (tertiary/aromatic N) is 2. The molecule has 18 heavy (non-hydrogen) atoms. The van der Waals surface area contributed by atoms with Gasteiger partial charge in [-0.25, -0.2) is 4.79 Å². The van der Waals surface area contributed by atoms with Gasteiger partial charge in [0.15, 0.2) is 0 Å². The van der Waals surface area contributed by atoms with E-state index in [2.05, 4.69) is 4.98 Å². The summed E-state index contributed by atoms with van der Waals surface area (Å²) in [5.41, 5.74) is 5.08. The summed E-state index contributed by atoms with van der Waals surface area (Å²) in [4.78, 5) is 15.4. The first-order valence-electron chi connectivity index (χ1n) is 5.47. The van der Waals surface area contributed by atoms with Gasteiger partial charge in [-0.2, -0.15) is 4.98 Å². The normalized spacial score (nSPS) is 28.3. The maximum Gasteiger partial charge on any atom is 0.349 e. The van der Waals surface area contributed by atoms with Crippen LogP contribution in [-0.2, 0) is 4.74 Å². The fourth-order valence-corrected chi connectivity index (χ4v) is 2.35. The van der Waals surface area contributed by atoms with E-state index in [4.69, 9.17) is 15.6 Å². The van der Waals surface area contributed by atoms with Crippen LogP contribution in [-0.4, -0.2) is 45.2 Å². The van der Waals surface area contributed by atoms with Gasteiger partial charge in [0.1, 0.15) is 11.9 Å². The molecular weight excluding hydrogens is 353 g/mol. The number of ether oxygens (including phenoxy) is 1. The number of hydrogen-bond acceptors (Lipinski definition) is 6. The molecule has 8 heteroatoms. The molecule has 3 atom stereocenters. The van der Waals surface area contributed by atoms with Crippen molar-refractivity contribution in [1.29, 1.82) is 0 Å². The van der Waals surface area contributed by atoms with E-state index < -0.39 is 17.9 Å². The molecule has 1 aromatic rings. The van der Waals surface area contributed by atoms with Crippen molar-refractivity contribution in [2.24, 2.45) is 0 Å². The van der Waals surface area contributed by atoms with Gasteiger partial charge in [0.05, 0.1) is 28.9 Å². The first-order valence-corrected chi connectivity index (χ1v) is 6.55. The second kappa shape index (κ2) is 5.51. The van der Waals surface area contributed by atoms with Crippen LogP contribution in [0, 0.1) is 3.57 Å². The maximum atomic E-state index is 11.7. The van der Waals surface area contributed by atoms with Gasteiger partial charge in [-0.05, 0) is 29.0 Å². The molecular formula is C10H14IN3O4. The van der Waals surface area contributed by atoms with Crippen LogP contribution in [0.4, 0.5) is 5.82 Å². The highest BCUT2D eigenvalue weighted by molar-refractivity contribution is 14.1. The maximum absolute atomic E-state index is 11.7. The Morgan fingerprint density at radius 3 is 3.00 bits per heavy atom. The summed E-state index contributed by atoms with van der Waals surface area (Å²) < 4.78 is 7.39. The largest absolute Gasteiger partial charge is 0.394 e. The fourth-order valence-electron chi connectivity index (χ4n) is 1.93. The number of nitrogens with two attached hydrogens (primary N) is 1. The number of halogens is 1. The fraction of sp³-hybridized carbons (Fsp3) is 0.600. The van der Waals surface area contributed by atoms with Crippen molar-refractivity contribution in [3.8, 4) is 0 Å². The SMILES string of the molecule is Nc1nc(=O)n(C2COC(CO)C(O)C2)cc1I. The van der Waals surface area contributed by atoms with Gasteiger partial charge in [0.2, 0.25) is 0 Å². The molecule has 0 radical (unpaired) electrons. The molecule has 2 heterocycles.